The maximum Gasteiger partial charge on any atom is 0.410 e. The zero-order valence-electron chi connectivity index (χ0n) is 10.5. The largest absolute Gasteiger partial charge is 0.444 e. The van der Waals surface area contributed by atoms with E-state index in [0.29, 0.717) is 12.5 Å². The Bertz CT molecular complexity index is 294. The van der Waals surface area contributed by atoms with E-state index in [4.69, 9.17) is 10.5 Å². The standard InChI is InChI=1S/C12H22N2O2/c1-11(2,3)16-10(15)14-6-9-4-5-12(9,7-13)8-14/h9H,4-8,13H2,1-3H3/t9-,12-/m1/s1. The minimum atomic E-state index is -0.408. The topological polar surface area (TPSA) is 55.6 Å². The first-order valence-corrected chi connectivity index (χ1v) is 6.04. The normalized spacial score (nSPS) is 33.2. The number of hydrogen-bond donors (Lipinski definition) is 1. The minimum absolute atomic E-state index is 0.185. The van der Waals surface area contributed by atoms with Crippen molar-refractivity contribution in [1.29, 1.82) is 0 Å². The Morgan fingerprint density at radius 1 is 1.56 bits per heavy atom. The zero-order valence-corrected chi connectivity index (χ0v) is 10.5. The summed E-state index contributed by atoms with van der Waals surface area (Å²) < 4.78 is 5.38. The molecule has 0 spiro atoms. The first kappa shape index (κ1) is 11.7. The molecule has 0 aromatic heterocycles. The number of nitrogens with zero attached hydrogens (tertiary/aromatic N) is 1. The summed E-state index contributed by atoms with van der Waals surface area (Å²) in [6.07, 6.45) is 2.18. The molecule has 1 aliphatic heterocycles. The van der Waals surface area contributed by atoms with Crippen LogP contribution in [0, 0.1) is 11.3 Å². The predicted octanol–water partition coefficient (Wildman–Crippen LogP) is 1.59. The van der Waals surface area contributed by atoms with Crippen LogP contribution in [0.3, 0.4) is 0 Å². The number of ether oxygens (including phenoxy) is 1. The summed E-state index contributed by atoms with van der Waals surface area (Å²) in [5.41, 5.74) is 5.62. The van der Waals surface area contributed by atoms with Gasteiger partial charge in [-0.1, -0.05) is 0 Å². The lowest BCUT2D eigenvalue weighted by atomic mass is 9.62. The van der Waals surface area contributed by atoms with Gasteiger partial charge in [0.05, 0.1) is 0 Å². The Balaban J connectivity index is 1.96. The number of rotatable bonds is 1. The zero-order chi connectivity index (χ0) is 12.0. The van der Waals surface area contributed by atoms with Crippen molar-refractivity contribution in [2.45, 2.75) is 39.2 Å². The van der Waals surface area contributed by atoms with Crippen LogP contribution in [-0.4, -0.2) is 36.2 Å². The summed E-state index contributed by atoms with van der Waals surface area (Å²) in [7, 11) is 0. The SMILES string of the molecule is CC(C)(C)OC(=O)N1C[C@H]2CC[C@@]2(CN)C1. The highest BCUT2D eigenvalue weighted by Gasteiger charge is 2.53. The molecule has 0 bridgehead atoms. The molecule has 2 rings (SSSR count). The molecular formula is C12H22N2O2. The van der Waals surface area contributed by atoms with E-state index in [2.05, 4.69) is 0 Å². The van der Waals surface area contributed by atoms with Gasteiger partial charge in [0.25, 0.3) is 0 Å². The van der Waals surface area contributed by atoms with Crippen molar-refractivity contribution in [3.05, 3.63) is 0 Å². The highest BCUT2D eigenvalue weighted by molar-refractivity contribution is 5.68. The fourth-order valence-electron chi connectivity index (χ4n) is 2.76. The average molecular weight is 226 g/mol. The quantitative estimate of drug-likeness (QED) is 0.738. The molecule has 16 heavy (non-hydrogen) atoms. The summed E-state index contributed by atoms with van der Waals surface area (Å²) in [5.74, 6) is 0.602. The third kappa shape index (κ3) is 1.90. The van der Waals surface area contributed by atoms with Crippen molar-refractivity contribution in [3.63, 3.8) is 0 Å². The molecule has 4 nitrogen and oxygen atoms in total. The van der Waals surface area contributed by atoms with E-state index in [1.54, 1.807) is 0 Å². The smallest absolute Gasteiger partial charge is 0.410 e. The molecule has 1 heterocycles. The van der Waals surface area contributed by atoms with Gasteiger partial charge in [-0.05, 0) is 46.1 Å². The van der Waals surface area contributed by atoms with Gasteiger partial charge < -0.3 is 15.4 Å². The third-order valence-electron chi connectivity index (χ3n) is 3.86. The van der Waals surface area contributed by atoms with Gasteiger partial charge in [-0.3, -0.25) is 0 Å². The van der Waals surface area contributed by atoms with Gasteiger partial charge in [-0.2, -0.15) is 0 Å². The van der Waals surface area contributed by atoms with Gasteiger partial charge in [0, 0.05) is 18.5 Å². The van der Waals surface area contributed by atoms with Crippen molar-refractivity contribution in [2.24, 2.45) is 17.1 Å². The monoisotopic (exact) mass is 226 g/mol. The van der Waals surface area contributed by atoms with Crippen LogP contribution in [0.15, 0.2) is 0 Å². The van der Waals surface area contributed by atoms with E-state index in [1.807, 2.05) is 25.7 Å². The van der Waals surface area contributed by atoms with Gasteiger partial charge in [-0.25, -0.2) is 4.79 Å². The molecule has 0 radical (unpaired) electrons. The van der Waals surface area contributed by atoms with Crippen molar-refractivity contribution < 1.29 is 9.53 Å². The van der Waals surface area contributed by atoms with Crippen LogP contribution in [0.1, 0.15) is 33.6 Å². The van der Waals surface area contributed by atoms with Crippen LogP contribution in [0.2, 0.25) is 0 Å². The second kappa shape index (κ2) is 3.62. The Morgan fingerprint density at radius 3 is 2.62 bits per heavy atom. The van der Waals surface area contributed by atoms with E-state index in [1.165, 1.54) is 6.42 Å². The molecule has 0 aromatic carbocycles. The molecule has 92 valence electrons. The number of fused-ring (bicyclic) bond motifs is 1. The molecule has 2 atom stereocenters. The Kier molecular flexibility index (Phi) is 2.65. The van der Waals surface area contributed by atoms with Crippen molar-refractivity contribution in [2.75, 3.05) is 19.6 Å². The molecule has 1 saturated heterocycles. The number of likely N-dealkylation sites (tertiary alicyclic amines) is 1. The predicted molar refractivity (Wildman–Crippen MR) is 62.0 cm³/mol. The van der Waals surface area contributed by atoms with Gasteiger partial charge >= 0.3 is 6.09 Å². The molecular weight excluding hydrogens is 204 g/mol. The summed E-state index contributed by atoms with van der Waals surface area (Å²) in [4.78, 5) is 13.7. The maximum absolute atomic E-state index is 11.9. The highest BCUT2D eigenvalue weighted by Crippen LogP contribution is 2.51. The molecule has 1 aliphatic carbocycles. The molecule has 2 aliphatic rings. The summed E-state index contributed by atoms with van der Waals surface area (Å²) in [5, 5.41) is 0. The number of hydrogen-bond acceptors (Lipinski definition) is 3. The Hall–Kier alpha value is -0.770. The van der Waals surface area contributed by atoms with Gasteiger partial charge in [-0.15, -0.1) is 0 Å². The second-order valence-electron chi connectivity index (χ2n) is 6.16. The summed E-state index contributed by atoms with van der Waals surface area (Å²) in [6.45, 7) is 7.99. The number of carbonyl (C=O) groups excluding carboxylic acids is 1. The maximum atomic E-state index is 11.9. The van der Waals surface area contributed by atoms with Crippen LogP contribution in [-0.2, 0) is 4.74 Å². The van der Waals surface area contributed by atoms with Gasteiger partial charge in [0.15, 0.2) is 0 Å². The van der Waals surface area contributed by atoms with E-state index in [0.717, 1.165) is 19.5 Å². The molecule has 2 fully saturated rings. The molecule has 4 heteroatoms. The molecule has 0 aromatic rings. The minimum Gasteiger partial charge on any atom is -0.444 e. The average Bonchev–Trinajstić information content (AvgIpc) is 2.37. The van der Waals surface area contributed by atoms with E-state index in [9.17, 15) is 4.79 Å². The van der Waals surface area contributed by atoms with Gasteiger partial charge in [0.2, 0.25) is 0 Å². The fraction of sp³-hybridized carbons (Fsp3) is 0.917. The Morgan fingerprint density at radius 2 is 2.25 bits per heavy atom. The van der Waals surface area contributed by atoms with E-state index >= 15 is 0 Å². The lowest BCUT2D eigenvalue weighted by Gasteiger charge is -2.42. The molecule has 0 unspecified atom stereocenters. The summed E-state index contributed by atoms with van der Waals surface area (Å²) >= 11 is 0. The van der Waals surface area contributed by atoms with Crippen molar-refractivity contribution >= 4 is 6.09 Å². The van der Waals surface area contributed by atoms with Gasteiger partial charge in [0.1, 0.15) is 5.60 Å². The highest BCUT2D eigenvalue weighted by atomic mass is 16.6. The van der Waals surface area contributed by atoms with Crippen LogP contribution in [0.5, 0.6) is 0 Å². The van der Waals surface area contributed by atoms with Crippen LogP contribution < -0.4 is 5.73 Å². The van der Waals surface area contributed by atoms with Crippen LogP contribution >= 0.6 is 0 Å². The first-order valence-electron chi connectivity index (χ1n) is 6.04. The summed E-state index contributed by atoms with van der Waals surface area (Å²) in [6, 6.07) is 0. The van der Waals surface area contributed by atoms with Crippen LogP contribution in [0.4, 0.5) is 4.79 Å². The Labute approximate surface area is 97.1 Å². The number of amides is 1. The lowest BCUT2D eigenvalue weighted by molar-refractivity contribution is 0.0272. The van der Waals surface area contributed by atoms with E-state index < -0.39 is 5.60 Å². The first-order chi connectivity index (χ1) is 7.36. The second-order valence-corrected chi connectivity index (χ2v) is 6.16. The third-order valence-corrected chi connectivity index (χ3v) is 3.86. The lowest BCUT2D eigenvalue weighted by Crippen LogP contribution is -2.45. The molecule has 1 saturated carbocycles. The van der Waals surface area contributed by atoms with Crippen molar-refractivity contribution in [3.8, 4) is 0 Å². The fourth-order valence-corrected chi connectivity index (χ4v) is 2.76. The van der Waals surface area contributed by atoms with E-state index in [-0.39, 0.29) is 11.5 Å². The number of carbonyl (C=O) groups is 1. The van der Waals surface area contributed by atoms with Crippen molar-refractivity contribution in [1.82, 2.24) is 4.90 Å². The molecule has 1 amide bonds. The molecule has 2 N–H and O–H groups in total. The van der Waals surface area contributed by atoms with Crippen LogP contribution in [0.25, 0.3) is 0 Å². The number of nitrogens with two attached hydrogens (primary N) is 1.